The molecule has 126 valence electrons. The summed E-state index contributed by atoms with van der Waals surface area (Å²) in [6.45, 7) is 5.57. The molecule has 1 heterocycles. The van der Waals surface area contributed by atoms with Crippen LogP contribution in [0.5, 0.6) is 5.75 Å². The second-order valence-corrected chi connectivity index (χ2v) is 6.52. The number of phenols is 1. The van der Waals surface area contributed by atoms with E-state index in [1.165, 1.54) is 18.2 Å². The molecule has 1 aliphatic heterocycles. The largest absolute Gasteiger partial charge is 0.507 e. The number of hydrogen-bond acceptors (Lipinski definition) is 4. The Morgan fingerprint density at radius 1 is 1.30 bits per heavy atom. The monoisotopic (exact) mass is 339 g/mol. The van der Waals surface area contributed by atoms with Crippen LogP contribution in [-0.4, -0.2) is 40.1 Å². The number of rotatable bonds is 3. The maximum Gasteiger partial charge on any atom is 0.342 e. The molecular formula is C17H22ClNO4. The van der Waals surface area contributed by atoms with Crippen molar-refractivity contribution in [1.29, 1.82) is 0 Å². The predicted octanol–water partition coefficient (Wildman–Crippen LogP) is 3.38. The SMILES string of the molecule is C[C@@H](OC(=O)c1ccc(Cl)cc1O)C(=O)N1[C@@H](C)CCC[C@@H]1C. The molecule has 1 aromatic rings. The zero-order valence-corrected chi connectivity index (χ0v) is 14.3. The van der Waals surface area contributed by atoms with Gasteiger partial charge < -0.3 is 14.7 Å². The van der Waals surface area contributed by atoms with Crippen LogP contribution in [0.25, 0.3) is 0 Å². The Hall–Kier alpha value is -1.75. The molecule has 1 saturated heterocycles. The van der Waals surface area contributed by atoms with Crippen molar-refractivity contribution in [3.05, 3.63) is 28.8 Å². The first kappa shape index (κ1) is 17.6. The average Bonchev–Trinajstić information content (AvgIpc) is 2.46. The molecule has 1 N–H and O–H groups in total. The highest BCUT2D eigenvalue weighted by Crippen LogP contribution is 2.25. The lowest BCUT2D eigenvalue weighted by atomic mass is 9.97. The van der Waals surface area contributed by atoms with Crippen molar-refractivity contribution in [2.75, 3.05) is 0 Å². The molecule has 0 saturated carbocycles. The van der Waals surface area contributed by atoms with Gasteiger partial charge in [-0.05, 0) is 58.2 Å². The fraction of sp³-hybridized carbons (Fsp3) is 0.529. The highest BCUT2D eigenvalue weighted by molar-refractivity contribution is 6.30. The van der Waals surface area contributed by atoms with E-state index in [1.54, 1.807) is 11.8 Å². The molecule has 1 aliphatic rings. The maximum atomic E-state index is 12.6. The summed E-state index contributed by atoms with van der Waals surface area (Å²) in [5.41, 5.74) is -0.00575. The van der Waals surface area contributed by atoms with Crippen LogP contribution >= 0.6 is 11.6 Å². The number of carbonyl (C=O) groups is 2. The van der Waals surface area contributed by atoms with E-state index < -0.39 is 12.1 Å². The van der Waals surface area contributed by atoms with Gasteiger partial charge in [-0.25, -0.2) is 4.79 Å². The van der Waals surface area contributed by atoms with E-state index in [9.17, 15) is 14.7 Å². The first-order valence-electron chi connectivity index (χ1n) is 7.83. The van der Waals surface area contributed by atoms with Crippen LogP contribution in [0.1, 0.15) is 50.4 Å². The van der Waals surface area contributed by atoms with E-state index in [1.807, 2.05) is 13.8 Å². The molecule has 1 fully saturated rings. The van der Waals surface area contributed by atoms with Gasteiger partial charge in [0.25, 0.3) is 5.91 Å². The number of aromatic hydroxyl groups is 1. The quantitative estimate of drug-likeness (QED) is 0.857. The van der Waals surface area contributed by atoms with Gasteiger partial charge in [-0.1, -0.05) is 11.6 Å². The minimum atomic E-state index is -0.902. The van der Waals surface area contributed by atoms with Crippen LogP contribution in [0.2, 0.25) is 5.02 Å². The first-order chi connectivity index (χ1) is 10.8. The van der Waals surface area contributed by atoms with Crippen molar-refractivity contribution in [3.63, 3.8) is 0 Å². The van der Waals surface area contributed by atoms with Crippen LogP contribution in [0.15, 0.2) is 18.2 Å². The molecule has 1 aromatic carbocycles. The Bertz CT molecular complexity index is 594. The lowest BCUT2D eigenvalue weighted by molar-refractivity contribution is -0.146. The molecule has 0 spiro atoms. The van der Waals surface area contributed by atoms with Crippen LogP contribution < -0.4 is 0 Å². The Morgan fingerprint density at radius 2 is 1.91 bits per heavy atom. The third kappa shape index (κ3) is 3.96. The van der Waals surface area contributed by atoms with Crippen LogP contribution in [0, 0.1) is 0 Å². The van der Waals surface area contributed by atoms with Crippen molar-refractivity contribution in [3.8, 4) is 5.75 Å². The number of likely N-dealkylation sites (tertiary alicyclic amines) is 1. The van der Waals surface area contributed by atoms with Gasteiger partial charge in [-0.2, -0.15) is 0 Å². The molecule has 0 bridgehead atoms. The molecular weight excluding hydrogens is 318 g/mol. The van der Waals surface area contributed by atoms with Gasteiger partial charge in [-0.3, -0.25) is 4.79 Å². The Morgan fingerprint density at radius 3 is 2.48 bits per heavy atom. The summed E-state index contributed by atoms with van der Waals surface area (Å²) in [5.74, 6) is -1.20. The molecule has 1 amide bonds. The molecule has 23 heavy (non-hydrogen) atoms. The summed E-state index contributed by atoms with van der Waals surface area (Å²) in [7, 11) is 0. The fourth-order valence-electron chi connectivity index (χ4n) is 3.02. The highest BCUT2D eigenvalue weighted by atomic mass is 35.5. The van der Waals surface area contributed by atoms with E-state index in [0.717, 1.165) is 19.3 Å². The van der Waals surface area contributed by atoms with Gasteiger partial charge in [0, 0.05) is 17.1 Å². The van der Waals surface area contributed by atoms with Crippen molar-refractivity contribution < 1.29 is 19.4 Å². The second-order valence-electron chi connectivity index (χ2n) is 6.08. The summed E-state index contributed by atoms with van der Waals surface area (Å²) in [6.07, 6.45) is 2.10. The topological polar surface area (TPSA) is 66.8 Å². The first-order valence-corrected chi connectivity index (χ1v) is 8.20. The van der Waals surface area contributed by atoms with Crippen molar-refractivity contribution >= 4 is 23.5 Å². The second kappa shape index (κ2) is 7.21. The Kier molecular flexibility index (Phi) is 5.52. The van der Waals surface area contributed by atoms with Crippen molar-refractivity contribution in [2.45, 2.75) is 58.2 Å². The molecule has 0 aromatic heterocycles. The number of amides is 1. The summed E-state index contributed by atoms with van der Waals surface area (Å²) in [4.78, 5) is 26.5. The Balaban J connectivity index is 2.06. The predicted molar refractivity (Wildman–Crippen MR) is 87.6 cm³/mol. The number of piperidine rings is 1. The molecule has 0 unspecified atom stereocenters. The molecule has 2 rings (SSSR count). The van der Waals surface area contributed by atoms with Gasteiger partial charge in [0.15, 0.2) is 6.10 Å². The van der Waals surface area contributed by atoms with Crippen LogP contribution in [0.4, 0.5) is 0 Å². The third-order valence-corrected chi connectivity index (χ3v) is 4.49. The Labute approximate surface area is 141 Å². The van der Waals surface area contributed by atoms with Crippen molar-refractivity contribution in [2.24, 2.45) is 0 Å². The molecule has 6 heteroatoms. The van der Waals surface area contributed by atoms with Crippen LogP contribution in [0.3, 0.4) is 0 Å². The lowest BCUT2D eigenvalue weighted by Gasteiger charge is -2.40. The zero-order valence-electron chi connectivity index (χ0n) is 13.6. The normalized spacial score (nSPS) is 22.5. The summed E-state index contributed by atoms with van der Waals surface area (Å²) in [5, 5.41) is 10.1. The number of ether oxygens (including phenoxy) is 1. The zero-order chi connectivity index (χ0) is 17.1. The average molecular weight is 340 g/mol. The molecule has 0 aliphatic carbocycles. The van der Waals surface area contributed by atoms with E-state index >= 15 is 0 Å². The lowest BCUT2D eigenvalue weighted by Crippen LogP contribution is -2.51. The summed E-state index contributed by atoms with van der Waals surface area (Å²) in [6, 6.07) is 4.40. The molecule has 5 nitrogen and oxygen atoms in total. The number of phenolic OH excluding ortho intramolecular Hbond substituents is 1. The number of carbonyl (C=O) groups excluding carboxylic acids is 2. The third-order valence-electron chi connectivity index (χ3n) is 4.26. The van der Waals surface area contributed by atoms with E-state index in [2.05, 4.69) is 0 Å². The van der Waals surface area contributed by atoms with Gasteiger partial charge in [0.2, 0.25) is 0 Å². The minimum Gasteiger partial charge on any atom is -0.507 e. The van der Waals surface area contributed by atoms with Gasteiger partial charge in [-0.15, -0.1) is 0 Å². The van der Waals surface area contributed by atoms with E-state index in [0.29, 0.717) is 5.02 Å². The fourth-order valence-corrected chi connectivity index (χ4v) is 3.18. The van der Waals surface area contributed by atoms with Gasteiger partial charge >= 0.3 is 5.97 Å². The standard InChI is InChI=1S/C17H22ClNO4/c1-10-5-4-6-11(2)19(10)16(21)12(3)23-17(22)14-8-7-13(18)9-15(14)20/h7-12,20H,4-6H2,1-3H3/t10-,11-,12+/m0/s1. The molecule has 3 atom stereocenters. The van der Waals surface area contributed by atoms with E-state index in [4.69, 9.17) is 16.3 Å². The number of esters is 1. The molecule has 0 radical (unpaired) electrons. The summed E-state index contributed by atoms with van der Waals surface area (Å²) < 4.78 is 5.24. The minimum absolute atomic E-state index is 0.00575. The van der Waals surface area contributed by atoms with Crippen molar-refractivity contribution in [1.82, 2.24) is 4.90 Å². The van der Waals surface area contributed by atoms with E-state index in [-0.39, 0.29) is 29.3 Å². The number of nitrogens with zero attached hydrogens (tertiary/aromatic N) is 1. The summed E-state index contributed by atoms with van der Waals surface area (Å²) >= 11 is 5.74. The number of hydrogen-bond donors (Lipinski definition) is 1. The van der Waals surface area contributed by atoms with Gasteiger partial charge in [0.05, 0.1) is 0 Å². The van der Waals surface area contributed by atoms with Gasteiger partial charge in [0.1, 0.15) is 11.3 Å². The highest BCUT2D eigenvalue weighted by Gasteiger charge is 2.33. The smallest absolute Gasteiger partial charge is 0.342 e. The number of benzene rings is 1. The maximum absolute atomic E-state index is 12.6. The van der Waals surface area contributed by atoms with Crippen LogP contribution in [-0.2, 0) is 9.53 Å². The number of halogens is 1.